The maximum Gasteiger partial charge on any atom is 0.435 e. The Morgan fingerprint density at radius 1 is 0.671 bits per heavy atom. The van der Waals surface area contributed by atoms with E-state index in [0.29, 0.717) is 82.2 Å². The van der Waals surface area contributed by atoms with Gasteiger partial charge in [0.1, 0.15) is 24.5 Å². The molecule has 3 fully saturated rings. The van der Waals surface area contributed by atoms with Crippen LogP contribution in [0.3, 0.4) is 0 Å². The molecule has 406 valence electrons. The molecule has 2 unspecified atom stereocenters. The molecular weight excluding hydrogens is 1040 g/mol. The van der Waals surface area contributed by atoms with Gasteiger partial charge in [-0.15, -0.1) is 22.7 Å². The maximum absolute atomic E-state index is 12.9. The number of ether oxygens (including phenoxy) is 1. The fraction of sp³-hybridized carbons (Fsp3) is 0.500. The highest BCUT2D eigenvalue weighted by Crippen LogP contribution is 2.35. The Morgan fingerprint density at radius 2 is 1.12 bits per heavy atom. The van der Waals surface area contributed by atoms with Crippen molar-refractivity contribution < 1.29 is 55.1 Å². The minimum Gasteiger partial charge on any atom is -0.385 e. The van der Waals surface area contributed by atoms with Crippen LogP contribution in [-0.2, 0) is 54.2 Å². The number of rotatable bonds is 12. The summed E-state index contributed by atoms with van der Waals surface area (Å²) in [6.07, 6.45) is -6.17. The highest BCUT2D eigenvalue weighted by Gasteiger charge is 2.38. The molecule has 10 rings (SSSR count). The number of alkyl halides is 6. The number of oxime groups is 2. The lowest BCUT2D eigenvalue weighted by Crippen LogP contribution is -2.40. The minimum absolute atomic E-state index is 0.153. The van der Waals surface area contributed by atoms with Gasteiger partial charge in [-0.2, -0.15) is 36.5 Å². The van der Waals surface area contributed by atoms with Crippen LogP contribution < -0.4 is 4.90 Å². The summed E-state index contributed by atoms with van der Waals surface area (Å²) >= 11 is 3.09. The molecule has 18 nitrogen and oxygen atoms in total. The predicted octanol–water partition coefficient (Wildman–Crippen LogP) is 7.64. The molecule has 2 atom stereocenters. The molecule has 5 aliphatic heterocycles. The van der Waals surface area contributed by atoms with Gasteiger partial charge in [0, 0.05) is 98.8 Å². The Hall–Kier alpha value is -6.67. The quantitative estimate of drug-likeness (QED) is 0.112. The first-order chi connectivity index (χ1) is 36.3. The molecule has 0 N–H and O–H groups in total. The van der Waals surface area contributed by atoms with Crippen molar-refractivity contribution in [3.05, 3.63) is 110 Å². The van der Waals surface area contributed by atoms with Crippen LogP contribution in [0.1, 0.15) is 94.5 Å². The average Bonchev–Trinajstić information content (AvgIpc) is 4.29. The molecule has 3 amide bonds. The van der Waals surface area contributed by atoms with Crippen LogP contribution in [0.15, 0.2) is 75.8 Å². The smallest absolute Gasteiger partial charge is 0.385 e. The van der Waals surface area contributed by atoms with Crippen molar-refractivity contribution in [1.29, 1.82) is 0 Å². The van der Waals surface area contributed by atoms with Gasteiger partial charge in [0.15, 0.2) is 17.5 Å². The summed E-state index contributed by atoms with van der Waals surface area (Å²) in [6.45, 7) is 11.8. The lowest BCUT2D eigenvalue weighted by atomic mass is 9.97. The zero-order valence-electron chi connectivity index (χ0n) is 41.9. The van der Waals surface area contributed by atoms with E-state index in [2.05, 4.69) is 32.0 Å². The third-order valence-corrected chi connectivity index (χ3v) is 16.0. The molecule has 4 aromatic heterocycles. The van der Waals surface area contributed by atoms with Crippen molar-refractivity contribution in [2.75, 3.05) is 64.4 Å². The summed E-state index contributed by atoms with van der Waals surface area (Å²) in [5, 5.41) is 21.3. The summed E-state index contributed by atoms with van der Waals surface area (Å²) in [6, 6.07) is 11.2. The number of amides is 3. The first-order valence-corrected chi connectivity index (χ1v) is 26.5. The number of benzene rings is 1. The van der Waals surface area contributed by atoms with E-state index in [1.165, 1.54) is 25.2 Å². The summed E-state index contributed by atoms with van der Waals surface area (Å²) in [5.74, 6) is -0.315. The topological polar surface area (TPSA) is 178 Å². The molecule has 76 heavy (non-hydrogen) atoms. The largest absolute Gasteiger partial charge is 0.435 e. The van der Waals surface area contributed by atoms with Crippen molar-refractivity contribution in [1.82, 2.24) is 44.2 Å². The van der Waals surface area contributed by atoms with Crippen LogP contribution in [-0.4, -0.2) is 145 Å². The number of likely N-dealkylation sites (tertiary alicyclic amines) is 2. The zero-order chi connectivity index (χ0) is 53.9. The van der Waals surface area contributed by atoms with E-state index in [1.807, 2.05) is 41.1 Å². The van der Waals surface area contributed by atoms with E-state index in [1.54, 1.807) is 33.1 Å². The standard InChI is InChI=1S/C26H27F3N6O3S.C24H29F3N6O3S/c1-16-12-22(26(27,28)29)31-35(16)14-23(36)34-10-8-17(9-11-34)24-30-20(15-39-24)19-13-21(38-32-19)25(37)33(2)18-6-4-3-5-7-18;1-15-11-21(24(25,26)27)29-33(15)13-22(34)32-5-3-17(4-6-32)23-28-19(14-37-23)18-12-20(36-30-18)16(2)31-7-9-35-10-8-31/h3-7,12,15,17,21H,8-11,13-14H2,1-2H3;11,14,17,20H,2-10,12-13H2,1H3. The summed E-state index contributed by atoms with van der Waals surface area (Å²) < 4.78 is 85.1. The van der Waals surface area contributed by atoms with Gasteiger partial charge in [0.2, 0.25) is 17.9 Å². The molecule has 9 heterocycles. The second kappa shape index (κ2) is 22.9. The van der Waals surface area contributed by atoms with Crippen molar-refractivity contribution in [3.63, 3.8) is 0 Å². The van der Waals surface area contributed by atoms with Gasteiger partial charge in [-0.1, -0.05) is 35.1 Å². The number of para-hydroxylation sites is 1. The van der Waals surface area contributed by atoms with Crippen LogP contribution in [0, 0.1) is 13.8 Å². The number of carbonyl (C=O) groups is 3. The molecule has 5 aliphatic rings. The van der Waals surface area contributed by atoms with Crippen molar-refractivity contribution in [3.8, 4) is 0 Å². The van der Waals surface area contributed by atoms with Gasteiger partial charge in [0.05, 0.1) is 40.3 Å². The van der Waals surface area contributed by atoms with Crippen LogP contribution in [0.25, 0.3) is 0 Å². The number of aromatic nitrogens is 6. The average molecular weight is 1100 g/mol. The van der Waals surface area contributed by atoms with Crippen molar-refractivity contribution >= 4 is 57.5 Å². The monoisotopic (exact) mass is 1100 g/mol. The molecule has 0 aliphatic carbocycles. The third-order valence-electron chi connectivity index (χ3n) is 14.0. The number of morpholine rings is 1. The van der Waals surface area contributed by atoms with Gasteiger partial charge in [-0.05, 0) is 63.8 Å². The van der Waals surface area contributed by atoms with Crippen LogP contribution in [0.5, 0.6) is 0 Å². The fourth-order valence-corrected chi connectivity index (χ4v) is 11.5. The molecule has 0 radical (unpaired) electrons. The number of aryl methyl sites for hydroxylation is 2. The van der Waals surface area contributed by atoms with Gasteiger partial charge < -0.3 is 34.0 Å². The second-order valence-corrected chi connectivity index (χ2v) is 20.9. The van der Waals surface area contributed by atoms with E-state index >= 15 is 0 Å². The first-order valence-electron chi connectivity index (χ1n) is 24.8. The number of hydrogen-bond acceptors (Lipinski definition) is 15. The molecule has 5 aromatic rings. The Morgan fingerprint density at radius 3 is 1.57 bits per heavy atom. The van der Waals surface area contributed by atoms with E-state index < -0.39 is 29.8 Å². The number of piperidine rings is 2. The number of carbonyl (C=O) groups excluding carboxylic acids is 3. The molecule has 0 bridgehead atoms. The third kappa shape index (κ3) is 12.6. The van der Waals surface area contributed by atoms with E-state index in [0.717, 1.165) is 80.2 Å². The van der Waals surface area contributed by atoms with E-state index in [4.69, 9.17) is 24.4 Å². The minimum atomic E-state index is -4.55. The molecular formula is C50H56F6N12O6S2. The lowest BCUT2D eigenvalue weighted by Gasteiger charge is -2.32. The number of likely N-dealkylation sites (N-methyl/N-ethyl adjacent to an activating group) is 1. The summed E-state index contributed by atoms with van der Waals surface area (Å²) in [7, 11) is 1.70. The number of nitrogens with zero attached hydrogens (tertiary/aromatic N) is 12. The van der Waals surface area contributed by atoms with Crippen LogP contribution in [0.4, 0.5) is 32.0 Å². The Kier molecular flexibility index (Phi) is 16.3. The Balaban J connectivity index is 0.000000186. The summed E-state index contributed by atoms with van der Waals surface area (Å²) in [4.78, 5) is 66.1. The number of halogens is 6. The molecule has 3 saturated heterocycles. The first kappa shape index (κ1) is 54.1. The van der Waals surface area contributed by atoms with Gasteiger partial charge in [0.25, 0.3) is 5.91 Å². The number of hydrogen-bond donors (Lipinski definition) is 0. The number of anilines is 1. The Labute approximate surface area is 441 Å². The van der Waals surface area contributed by atoms with Gasteiger partial charge in [-0.3, -0.25) is 23.7 Å². The van der Waals surface area contributed by atoms with E-state index in [9.17, 15) is 40.7 Å². The highest BCUT2D eigenvalue weighted by molar-refractivity contribution is 7.10. The van der Waals surface area contributed by atoms with Crippen molar-refractivity contribution in [2.45, 2.75) is 102 Å². The van der Waals surface area contributed by atoms with Gasteiger partial charge in [-0.25, -0.2) is 9.97 Å². The number of thiazole rings is 2. The van der Waals surface area contributed by atoms with Gasteiger partial charge >= 0.3 is 12.4 Å². The molecule has 0 spiro atoms. The molecule has 0 saturated carbocycles. The lowest BCUT2D eigenvalue weighted by molar-refractivity contribution is -0.142. The second-order valence-electron chi connectivity index (χ2n) is 19.1. The predicted molar refractivity (Wildman–Crippen MR) is 269 cm³/mol. The maximum atomic E-state index is 12.9. The fourth-order valence-electron chi connectivity index (χ4n) is 9.46. The zero-order valence-corrected chi connectivity index (χ0v) is 43.6. The highest BCUT2D eigenvalue weighted by atomic mass is 32.1. The molecule has 1 aromatic carbocycles. The normalized spacial score (nSPS) is 19.6. The summed E-state index contributed by atoms with van der Waals surface area (Å²) in [5.41, 5.74) is 3.22. The Bertz CT molecular complexity index is 2950. The van der Waals surface area contributed by atoms with Crippen LogP contribution in [0.2, 0.25) is 0 Å². The molecule has 26 heteroatoms. The SMILES string of the molecule is C=C(C1CC(c2csc(C3CCN(C(=O)Cn4nc(C(F)(F)F)cc4C)CC3)n2)=NO1)N1CCOCC1.Cc1cc(C(F)(F)F)nn1CC(=O)N1CCC(c2nc(C3=NOC(C(=O)N(C)c4ccccc4)C3)cs2)CC1. The van der Waals surface area contributed by atoms with Crippen molar-refractivity contribution in [2.24, 2.45) is 10.3 Å². The van der Waals surface area contributed by atoms with Crippen LogP contribution >= 0.6 is 22.7 Å². The van der Waals surface area contributed by atoms with E-state index in [-0.39, 0.29) is 54.4 Å².